The molecule has 0 spiro atoms. The number of fused-ring (bicyclic) bond motifs is 1. The molecule has 3 aromatic rings. The van der Waals surface area contributed by atoms with E-state index in [0.717, 1.165) is 9.13 Å². The first kappa shape index (κ1) is 21.1. The number of benzene rings is 1. The zero-order chi connectivity index (χ0) is 22.1. The van der Waals surface area contributed by atoms with E-state index in [9.17, 15) is 27.6 Å². The second-order valence-electron chi connectivity index (χ2n) is 6.51. The Morgan fingerprint density at radius 1 is 1.13 bits per heavy atom. The minimum atomic E-state index is -4.45. The number of amides is 1. The topological polar surface area (TPSA) is 95.2 Å². The average Bonchev–Trinajstić information content (AvgIpc) is 2.72. The fourth-order valence-electron chi connectivity index (χ4n) is 2.76. The molecule has 11 heteroatoms. The second-order valence-corrected chi connectivity index (χ2v) is 6.51. The van der Waals surface area contributed by atoms with Crippen LogP contribution in [0.2, 0.25) is 0 Å². The third-order valence-electron chi connectivity index (χ3n) is 4.29. The van der Waals surface area contributed by atoms with E-state index in [1.54, 1.807) is 6.07 Å². The van der Waals surface area contributed by atoms with Crippen molar-refractivity contribution < 1.29 is 22.7 Å². The van der Waals surface area contributed by atoms with Gasteiger partial charge in [-0.1, -0.05) is 12.1 Å². The molecule has 0 aliphatic carbocycles. The zero-order valence-electron chi connectivity index (χ0n) is 16.0. The molecule has 0 fully saturated rings. The SMILES string of the molecule is Cn1c(=O)c2ccc(C(=O)NCc3cccc(OCC(F)(F)F)c3)nc2n(C)c1=O. The number of carbonyl (C=O) groups is 1. The summed E-state index contributed by atoms with van der Waals surface area (Å²) in [5, 5.41) is 2.78. The molecule has 0 saturated heterocycles. The highest BCUT2D eigenvalue weighted by molar-refractivity contribution is 5.94. The van der Waals surface area contributed by atoms with Gasteiger partial charge in [0.2, 0.25) is 0 Å². The van der Waals surface area contributed by atoms with Crippen molar-refractivity contribution in [3.05, 3.63) is 68.5 Å². The smallest absolute Gasteiger partial charge is 0.422 e. The van der Waals surface area contributed by atoms with Crippen LogP contribution in [0.25, 0.3) is 11.0 Å². The quantitative estimate of drug-likeness (QED) is 0.673. The average molecular weight is 422 g/mol. The van der Waals surface area contributed by atoms with Crippen molar-refractivity contribution >= 4 is 16.9 Å². The van der Waals surface area contributed by atoms with Gasteiger partial charge in [0.05, 0.1) is 5.39 Å². The van der Waals surface area contributed by atoms with Gasteiger partial charge in [0.15, 0.2) is 6.61 Å². The van der Waals surface area contributed by atoms with E-state index in [0.29, 0.717) is 5.56 Å². The lowest BCUT2D eigenvalue weighted by Crippen LogP contribution is -2.37. The number of alkyl halides is 3. The first-order valence-corrected chi connectivity index (χ1v) is 8.70. The molecular weight excluding hydrogens is 405 g/mol. The summed E-state index contributed by atoms with van der Waals surface area (Å²) in [6.45, 7) is -1.40. The molecule has 8 nitrogen and oxygen atoms in total. The monoisotopic (exact) mass is 422 g/mol. The Kier molecular flexibility index (Phi) is 5.63. The second kappa shape index (κ2) is 8.01. The number of hydrogen-bond donors (Lipinski definition) is 1. The van der Waals surface area contributed by atoms with Gasteiger partial charge in [-0.15, -0.1) is 0 Å². The van der Waals surface area contributed by atoms with Crippen LogP contribution in [-0.2, 0) is 20.6 Å². The molecule has 0 radical (unpaired) electrons. The number of rotatable bonds is 5. The molecule has 0 aliphatic heterocycles. The Labute approximate surface area is 167 Å². The van der Waals surface area contributed by atoms with E-state index in [4.69, 9.17) is 0 Å². The van der Waals surface area contributed by atoms with Gasteiger partial charge in [-0.25, -0.2) is 9.78 Å². The van der Waals surface area contributed by atoms with Gasteiger partial charge in [-0.05, 0) is 29.8 Å². The summed E-state index contributed by atoms with van der Waals surface area (Å²) in [7, 11) is 2.78. The van der Waals surface area contributed by atoms with Crippen LogP contribution in [0.15, 0.2) is 46.0 Å². The Bertz CT molecular complexity index is 1230. The highest BCUT2D eigenvalue weighted by Gasteiger charge is 2.28. The predicted molar refractivity (Wildman–Crippen MR) is 101 cm³/mol. The molecule has 1 amide bonds. The summed E-state index contributed by atoms with van der Waals surface area (Å²) in [5.74, 6) is -0.555. The van der Waals surface area contributed by atoms with Crippen molar-refractivity contribution in [3.63, 3.8) is 0 Å². The van der Waals surface area contributed by atoms with E-state index in [1.807, 2.05) is 0 Å². The lowest BCUT2D eigenvalue weighted by molar-refractivity contribution is -0.153. The van der Waals surface area contributed by atoms with Crippen molar-refractivity contribution in [1.29, 1.82) is 0 Å². The van der Waals surface area contributed by atoms with E-state index in [2.05, 4.69) is 15.0 Å². The minimum absolute atomic E-state index is 0.0112. The molecular formula is C19H17F3N4O4. The standard InChI is InChI=1S/C19H17F3N4O4/c1-25-15-13(17(28)26(2)18(25)29)6-7-14(24-15)16(27)23-9-11-4-3-5-12(8-11)30-10-19(20,21)22/h3-8H,9-10H2,1-2H3,(H,23,27). The van der Waals surface area contributed by atoms with E-state index < -0.39 is 29.9 Å². The molecule has 3 rings (SSSR count). The molecule has 0 unspecified atom stereocenters. The van der Waals surface area contributed by atoms with Crippen LogP contribution >= 0.6 is 0 Å². The Morgan fingerprint density at radius 3 is 2.57 bits per heavy atom. The Balaban J connectivity index is 1.76. The third-order valence-corrected chi connectivity index (χ3v) is 4.29. The van der Waals surface area contributed by atoms with E-state index >= 15 is 0 Å². The minimum Gasteiger partial charge on any atom is -0.484 e. The molecule has 30 heavy (non-hydrogen) atoms. The Morgan fingerprint density at radius 2 is 1.87 bits per heavy atom. The fraction of sp³-hybridized carbons (Fsp3) is 0.263. The normalized spacial score (nSPS) is 11.5. The molecule has 0 bridgehead atoms. The molecule has 0 atom stereocenters. The van der Waals surface area contributed by atoms with Gasteiger partial charge < -0.3 is 10.1 Å². The van der Waals surface area contributed by atoms with Crippen LogP contribution in [0.3, 0.4) is 0 Å². The maximum atomic E-state index is 12.4. The van der Waals surface area contributed by atoms with Crippen LogP contribution in [0.5, 0.6) is 5.75 Å². The predicted octanol–water partition coefficient (Wildman–Crippen LogP) is 1.50. The summed E-state index contributed by atoms with van der Waals surface area (Å²) < 4.78 is 43.6. The molecule has 1 N–H and O–H groups in total. The van der Waals surface area contributed by atoms with Crippen molar-refractivity contribution in [1.82, 2.24) is 19.4 Å². The number of nitrogens with one attached hydrogen (secondary N) is 1. The first-order valence-electron chi connectivity index (χ1n) is 8.70. The number of hydrogen-bond acceptors (Lipinski definition) is 5. The van der Waals surface area contributed by atoms with Crippen molar-refractivity contribution in [2.75, 3.05) is 6.61 Å². The van der Waals surface area contributed by atoms with Gasteiger partial charge >= 0.3 is 11.9 Å². The van der Waals surface area contributed by atoms with Gasteiger partial charge in [-0.2, -0.15) is 13.2 Å². The fourth-order valence-corrected chi connectivity index (χ4v) is 2.76. The van der Waals surface area contributed by atoms with Crippen molar-refractivity contribution in [2.45, 2.75) is 12.7 Å². The summed E-state index contributed by atoms with van der Waals surface area (Å²) in [5.41, 5.74) is -0.532. The van der Waals surface area contributed by atoms with Crippen LogP contribution < -0.4 is 21.3 Å². The largest absolute Gasteiger partial charge is 0.484 e. The van der Waals surface area contributed by atoms with Gasteiger partial charge in [0.25, 0.3) is 11.5 Å². The molecule has 158 valence electrons. The van der Waals surface area contributed by atoms with Crippen LogP contribution in [0.4, 0.5) is 13.2 Å². The molecule has 0 aliphatic rings. The highest BCUT2D eigenvalue weighted by atomic mass is 19.4. The lowest BCUT2D eigenvalue weighted by Gasteiger charge is -2.11. The maximum absolute atomic E-state index is 12.4. The lowest BCUT2D eigenvalue weighted by atomic mass is 10.2. The summed E-state index contributed by atoms with van der Waals surface area (Å²) in [4.78, 5) is 40.8. The summed E-state index contributed by atoms with van der Waals surface area (Å²) in [6, 6.07) is 8.64. The van der Waals surface area contributed by atoms with Gasteiger partial charge in [-0.3, -0.25) is 18.7 Å². The number of aromatic nitrogens is 3. The molecule has 2 aromatic heterocycles. The molecule has 2 heterocycles. The number of pyridine rings is 1. The van der Waals surface area contributed by atoms with E-state index in [1.165, 1.54) is 44.4 Å². The number of halogens is 3. The first-order chi connectivity index (χ1) is 14.1. The summed E-state index contributed by atoms with van der Waals surface area (Å²) in [6.07, 6.45) is -4.45. The number of nitrogens with zero attached hydrogens (tertiary/aromatic N) is 3. The zero-order valence-corrected chi connectivity index (χ0v) is 16.0. The van der Waals surface area contributed by atoms with Gasteiger partial charge in [0.1, 0.15) is 17.1 Å². The van der Waals surface area contributed by atoms with E-state index in [-0.39, 0.29) is 29.0 Å². The highest BCUT2D eigenvalue weighted by Crippen LogP contribution is 2.19. The van der Waals surface area contributed by atoms with Crippen LogP contribution in [0.1, 0.15) is 16.1 Å². The number of carbonyl (C=O) groups excluding carboxylic acids is 1. The number of ether oxygens (including phenoxy) is 1. The molecule has 1 aromatic carbocycles. The van der Waals surface area contributed by atoms with Crippen molar-refractivity contribution in [3.8, 4) is 5.75 Å². The summed E-state index contributed by atoms with van der Waals surface area (Å²) >= 11 is 0. The third kappa shape index (κ3) is 4.50. The van der Waals surface area contributed by atoms with Crippen molar-refractivity contribution in [2.24, 2.45) is 14.1 Å². The van der Waals surface area contributed by atoms with Crippen LogP contribution in [-0.4, -0.2) is 32.8 Å². The van der Waals surface area contributed by atoms with Gasteiger partial charge in [0, 0.05) is 20.6 Å². The Hall–Kier alpha value is -3.63. The maximum Gasteiger partial charge on any atom is 0.422 e. The molecule has 0 saturated carbocycles. The number of aryl methyl sites for hydroxylation is 1. The van der Waals surface area contributed by atoms with Crippen LogP contribution in [0, 0.1) is 0 Å².